The summed E-state index contributed by atoms with van der Waals surface area (Å²) in [5.74, 6) is 0.218. The molecule has 0 aliphatic heterocycles. The van der Waals surface area contributed by atoms with Crippen LogP contribution in [0.4, 0.5) is 5.69 Å². The van der Waals surface area contributed by atoms with Crippen LogP contribution in [0.15, 0.2) is 42.5 Å². The first-order chi connectivity index (χ1) is 11.4. The van der Waals surface area contributed by atoms with Gasteiger partial charge in [-0.3, -0.25) is 9.59 Å². The average molecular weight is 459 g/mol. The van der Waals surface area contributed by atoms with Crippen LogP contribution in [-0.4, -0.2) is 37.4 Å². The zero-order valence-electron chi connectivity index (χ0n) is 13.2. The molecule has 0 saturated heterocycles. The number of nitrogens with zero attached hydrogens (tertiary/aromatic N) is 1. The summed E-state index contributed by atoms with van der Waals surface area (Å²) in [6.45, 7) is -0.0259. The van der Waals surface area contributed by atoms with Crippen molar-refractivity contribution in [1.82, 2.24) is 4.90 Å². The van der Waals surface area contributed by atoms with Gasteiger partial charge in [-0.2, -0.15) is 0 Å². The molecule has 0 fully saturated rings. The lowest BCUT2D eigenvalue weighted by molar-refractivity contribution is -0.130. The maximum absolute atomic E-state index is 12.2. The van der Waals surface area contributed by atoms with Crippen LogP contribution in [0.2, 0.25) is 5.02 Å². The molecule has 2 aromatic carbocycles. The van der Waals surface area contributed by atoms with Crippen molar-refractivity contribution in [2.75, 3.05) is 26.0 Å². The number of hydrogen-bond donors (Lipinski definition) is 1. The molecule has 0 unspecified atom stereocenters. The first kappa shape index (κ1) is 18.5. The number of hydrogen-bond acceptors (Lipinski definition) is 3. The second-order valence-corrected chi connectivity index (χ2v) is 6.75. The number of amides is 2. The van der Waals surface area contributed by atoms with Gasteiger partial charge >= 0.3 is 0 Å². The Hall–Kier alpha value is -1.80. The Balaban J connectivity index is 1.97. The molecule has 0 spiro atoms. The van der Waals surface area contributed by atoms with Crippen molar-refractivity contribution < 1.29 is 14.3 Å². The summed E-state index contributed by atoms with van der Waals surface area (Å²) in [6.07, 6.45) is 0. The van der Waals surface area contributed by atoms with Gasteiger partial charge in [-0.1, -0.05) is 11.6 Å². The minimum absolute atomic E-state index is 0.0259. The van der Waals surface area contributed by atoms with E-state index in [1.807, 2.05) is 0 Å². The van der Waals surface area contributed by atoms with Gasteiger partial charge in [0.1, 0.15) is 5.75 Å². The highest BCUT2D eigenvalue weighted by molar-refractivity contribution is 14.1. The Kier molecular flexibility index (Phi) is 6.44. The van der Waals surface area contributed by atoms with Crippen molar-refractivity contribution >= 4 is 51.7 Å². The predicted molar refractivity (Wildman–Crippen MR) is 103 cm³/mol. The minimum atomic E-state index is -0.221. The van der Waals surface area contributed by atoms with Crippen LogP contribution in [0, 0.1) is 3.57 Å². The van der Waals surface area contributed by atoms with E-state index in [0.717, 1.165) is 3.57 Å². The monoisotopic (exact) mass is 458 g/mol. The van der Waals surface area contributed by atoms with E-state index in [4.69, 9.17) is 16.3 Å². The van der Waals surface area contributed by atoms with Crippen molar-refractivity contribution in [2.24, 2.45) is 0 Å². The molecule has 0 aliphatic carbocycles. The van der Waals surface area contributed by atoms with Gasteiger partial charge in [0.05, 0.1) is 5.02 Å². The van der Waals surface area contributed by atoms with Crippen molar-refractivity contribution in [2.45, 2.75) is 0 Å². The lowest BCUT2D eigenvalue weighted by Gasteiger charge is -2.12. The second-order valence-electron chi connectivity index (χ2n) is 5.18. The number of rotatable bonds is 5. The fourth-order valence-electron chi connectivity index (χ4n) is 1.75. The Bertz CT molecular complexity index is 748. The number of ether oxygens (including phenoxy) is 1. The number of halogens is 2. The van der Waals surface area contributed by atoms with E-state index in [-0.39, 0.29) is 18.4 Å². The van der Waals surface area contributed by atoms with Crippen molar-refractivity contribution in [3.05, 3.63) is 56.6 Å². The molecule has 0 heterocycles. The van der Waals surface area contributed by atoms with E-state index in [1.165, 1.54) is 4.90 Å². The number of benzene rings is 2. The summed E-state index contributed by atoms with van der Waals surface area (Å²) in [7, 11) is 3.34. The van der Waals surface area contributed by atoms with E-state index >= 15 is 0 Å². The molecule has 5 nitrogen and oxygen atoms in total. The molecule has 0 saturated carbocycles. The van der Waals surface area contributed by atoms with Crippen LogP contribution in [-0.2, 0) is 4.79 Å². The van der Waals surface area contributed by atoms with E-state index in [0.29, 0.717) is 22.0 Å². The van der Waals surface area contributed by atoms with Crippen LogP contribution in [0.1, 0.15) is 10.4 Å². The van der Waals surface area contributed by atoms with Crippen LogP contribution in [0.25, 0.3) is 0 Å². The van der Waals surface area contributed by atoms with Crippen molar-refractivity contribution in [1.29, 1.82) is 0 Å². The normalized spacial score (nSPS) is 10.2. The Morgan fingerprint density at radius 2 is 1.83 bits per heavy atom. The standard InChI is InChI=1S/C17H16ClIN2O3/c1-21(2)16(22)10-24-13-6-4-12(5-7-13)20-17(23)11-3-8-14(18)15(19)9-11/h3-9H,10H2,1-2H3,(H,20,23). The zero-order chi connectivity index (χ0) is 17.7. The molecule has 0 atom stereocenters. The van der Waals surface area contributed by atoms with E-state index in [2.05, 4.69) is 27.9 Å². The van der Waals surface area contributed by atoms with Crippen molar-refractivity contribution in [3.8, 4) is 5.75 Å². The number of anilines is 1. The molecule has 0 radical (unpaired) electrons. The van der Waals surface area contributed by atoms with Gasteiger partial charge in [0, 0.05) is 28.9 Å². The fraction of sp³-hybridized carbons (Fsp3) is 0.176. The Morgan fingerprint density at radius 3 is 2.42 bits per heavy atom. The highest BCUT2D eigenvalue weighted by Crippen LogP contribution is 2.21. The maximum atomic E-state index is 12.2. The first-order valence-corrected chi connectivity index (χ1v) is 8.52. The summed E-state index contributed by atoms with van der Waals surface area (Å²) < 4.78 is 6.20. The van der Waals surface area contributed by atoms with Gasteiger partial charge in [-0.15, -0.1) is 0 Å². The molecular formula is C17H16ClIN2O3. The third-order valence-corrected chi connectivity index (χ3v) is 4.70. The summed E-state index contributed by atoms with van der Waals surface area (Å²) in [4.78, 5) is 25.1. The second kappa shape index (κ2) is 8.34. The molecule has 1 N–H and O–H groups in total. The third kappa shape index (κ3) is 5.10. The van der Waals surface area contributed by atoms with E-state index in [9.17, 15) is 9.59 Å². The van der Waals surface area contributed by atoms with E-state index < -0.39 is 0 Å². The van der Waals surface area contributed by atoms with Gasteiger partial charge < -0.3 is 15.0 Å². The smallest absolute Gasteiger partial charge is 0.259 e. The molecule has 2 aromatic rings. The fourth-order valence-corrected chi connectivity index (χ4v) is 2.38. The summed E-state index contributed by atoms with van der Waals surface area (Å²) in [5, 5.41) is 3.41. The highest BCUT2D eigenvalue weighted by atomic mass is 127. The van der Waals surface area contributed by atoms with Gasteiger partial charge in [-0.25, -0.2) is 0 Å². The largest absolute Gasteiger partial charge is 0.484 e. The highest BCUT2D eigenvalue weighted by Gasteiger charge is 2.09. The lowest BCUT2D eigenvalue weighted by Crippen LogP contribution is -2.27. The average Bonchev–Trinajstić information content (AvgIpc) is 2.56. The molecule has 0 aromatic heterocycles. The van der Waals surface area contributed by atoms with Crippen molar-refractivity contribution in [3.63, 3.8) is 0 Å². The van der Waals surface area contributed by atoms with Crippen LogP contribution >= 0.6 is 34.2 Å². The molecule has 0 bridgehead atoms. The SMILES string of the molecule is CN(C)C(=O)COc1ccc(NC(=O)c2ccc(Cl)c(I)c2)cc1. The lowest BCUT2D eigenvalue weighted by atomic mass is 10.2. The Morgan fingerprint density at radius 1 is 1.17 bits per heavy atom. The van der Waals surface area contributed by atoms with Gasteiger partial charge in [0.2, 0.25) is 0 Å². The minimum Gasteiger partial charge on any atom is -0.484 e. The van der Waals surface area contributed by atoms with Gasteiger partial charge in [0.25, 0.3) is 11.8 Å². The quantitative estimate of drug-likeness (QED) is 0.696. The number of likely N-dealkylation sites (N-methyl/N-ethyl adjacent to an activating group) is 1. The van der Waals surface area contributed by atoms with Gasteiger partial charge in [0.15, 0.2) is 6.61 Å². The molecular weight excluding hydrogens is 443 g/mol. The summed E-state index contributed by atoms with van der Waals surface area (Å²) >= 11 is 8.03. The number of carbonyl (C=O) groups is 2. The van der Waals surface area contributed by atoms with Crippen LogP contribution in [0.3, 0.4) is 0 Å². The van der Waals surface area contributed by atoms with Gasteiger partial charge in [-0.05, 0) is 65.1 Å². The third-order valence-electron chi connectivity index (χ3n) is 3.16. The summed E-state index contributed by atoms with van der Waals surface area (Å²) in [5.41, 5.74) is 1.16. The topological polar surface area (TPSA) is 58.6 Å². The molecule has 2 rings (SSSR count). The predicted octanol–water partition coefficient (Wildman–Crippen LogP) is 3.66. The Labute approximate surface area is 159 Å². The molecule has 2 amide bonds. The molecule has 126 valence electrons. The zero-order valence-corrected chi connectivity index (χ0v) is 16.1. The van der Waals surface area contributed by atoms with Crippen LogP contribution in [0.5, 0.6) is 5.75 Å². The summed E-state index contributed by atoms with van der Waals surface area (Å²) in [6, 6.07) is 11.9. The first-order valence-electron chi connectivity index (χ1n) is 7.06. The molecule has 0 aliphatic rings. The molecule has 7 heteroatoms. The molecule has 24 heavy (non-hydrogen) atoms. The number of carbonyl (C=O) groups excluding carboxylic acids is 2. The van der Waals surface area contributed by atoms with Crippen LogP contribution < -0.4 is 10.1 Å². The maximum Gasteiger partial charge on any atom is 0.259 e. The number of nitrogens with one attached hydrogen (secondary N) is 1. The van der Waals surface area contributed by atoms with E-state index in [1.54, 1.807) is 56.6 Å².